The van der Waals surface area contributed by atoms with Gasteiger partial charge < -0.3 is 10.6 Å². The minimum atomic E-state index is 0.433. The van der Waals surface area contributed by atoms with E-state index in [2.05, 4.69) is 47.7 Å². The third-order valence-electron chi connectivity index (χ3n) is 3.52. The lowest BCUT2D eigenvalue weighted by Gasteiger charge is -2.27. The Morgan fingerprint density at radius 3 is 3.05 bits per heavy atom. The number of rotatable bonds is 2. The average Bonchev–Trinajstić information content (AvgIpc) is 2.76. The maximum absolute atomic E-state index is 5.40. The van der Waals surface area contributed by atoms with E-state index in [1.54, 1.807) is 11.3 Å². The van der Waals surface area contributed by atoms with Crippen molar-refractivity contribution in [2.75, 3.05) is 33.2 Å². The highest BCUT2D eigenvalue weighted by Crippen LogP contribution is 2.20. The third-order valence-corrected chi connectivity index (χ3v) is 4.50. The second-order valence-electron chi connectivity index (χ2n) is 5.21. The Bertz CT molecular complexity index is 457. The Kier molecular flexibility index (Phi) is 5.41. The largest absolute Gasteiger partial charge is 0.320 e. The molecule has 0 amide bonds. The molecule has 0 saturated carbocycles. The van der Waals surface area contributed by atoms with Gasteiger partial charge in [0.25, 0.3) is 0 Å². The van der Waals surface area contributed by atoms with Crippen LogP contribution in [0.5, 0.6) is 0 Å². The van der Waals surface area contributed by atoms with Gasteiger partial charge >= 0.3 is 0 Å². The Hall–Kier alpha value is -0.860. The van der Waals surface area contributed by atoms with E-state index >= 15 is 0 Å². The fourth-order valence-corrected chi connectivity index (χ4v) is 3.43. The van der Waals surface area contributed by atoms with Crippen LogP contribution in [0.4, 0.5) is 0 Å². The molecule has 1 atom stereocenters. The summed E-state index contributed by atoms with van der Waals surface area (Å²) in [5.41, 5.74) is 5.40. The van der Waals surface area contributed by atoms with E-state index in [9.17, 15) is 0 Å². The zero-order valence-corrected chi connectivity index (χ0v) is 12.7. The first kappa shape index (κ1) is 14.5. The molecule has 2 N–H and O–H groups in total. The van der Waals surface area contributed by atoms with Crippen molar-refractivity contribution in [3.05, 3.63) is 21.9 Å². The molecule has 2 heterocycles. The predicted octanol–water partition coefficient (Wildman–Crippen LogP) is 1.58. The van der Waals surface area contributed by atoms with Gasteiger partial charge in [0, 0.05) is 30.6 Å². The molecule has 1 aliphatic rings. The second-order valence-corrected chi connectivity index (χ2v) is 6.38. The molecule has 0 aromatic carbocycles. The summed E-state index contributed by atoms with van der Waals surface area (Å²) in [4.78, 5) is 7.53. The second kappa shape index (κ2) is 7.06. The van der Waals surface area contributed by atoms with E-state index in [1.807, 2.05) is 0 Å². The number of nitrogens with zero attached hydrogens (tertiary/aromatic N) is 2. The summed E-state index contributed by atoms with van der Waals surface area (Å²) >= 11 is 1.79. The molecule has 1 saturated heterocycles. The average molecular weight is 277 g/mol. The quantitative estimate of drug-likeness (QED) is 0.833. The van der Waals surface area contributed by atoms with Crippen LogP contribution in [0.2, 0.25) is 0 Å². The maximum Gasteiger partial charge on any atom is 0.0772 e. The highest BCUT2D eigenvalue weighted by molar-refractivity contribution is 7.12. The summed E-state index contributed by atoms with van der Waals surface area (Å²) in [6, 6.07) is 4.93. The number of likely N-dealkylation sites (N-methyl/N-ethyl adjacent to an activating group) is 1. The molecule has 1 aromatic heterocycles. The molecule has 1 aliphatic heterocycles. The van der Waals surface area contributed by atoms with E-state index < -0.39 is 0 Å². The van der Waals surface area contributed by atoms with Gasteiger partial charge in [-0.05, 0) is 39.1 Å². The van der Waals surface area contributed by atoms with Gasteiger partial charge in [0.05, 0.1) is 11.4 Å². The molecule has 2 rings (SSSR count). The van der Waals surface area contributed by atoms with Crippen LogP contribution in [0.1, 0.15) is 23.1 Å². The summed E-state index contributed by atoms with van der Waals surface area (Å²) in [6.45, 7) is 7.36. The SMILES string of the molecule is CC1CN(C)CCCN1Cc1ccc(C#CCN)s1. The lowest BCUT2D eigenvalue weighted by atomic mass is 10.2. The number of thiophene rings is 1. The zero-order valence-electron chi connectivity index (χ0n) is 11.9. The monoisotopic (exact) mass is 277 g/mol. The van der Waals surface area contributed by atoms with E-state index in [0.717, 1.165) is 18.0 Å². The van der Waals surface area contributed by atoms with Crippen molar-refractivity contribution < 1.29 is 0 Å². The molecular weight excluding hydrogens is 254 g/mol. The molecule has 0 radical (unpaired) electrons. The molecule has 4 heteroatoms. The van der Waals surface area contributed by atoms with Gasteiger partial charge in [-0.25, -0.2) is 0 Å². The summed E-state index contributed by atoms with van der Waals surface area (Å²) in [7, 11) is 2.21. The van der Waals surface area contributed by atoms with Crippen LogP contribution < -0.4 is 5.73 Å². The zero-order chi connectivity index (χ0) is 13.7. The normalized spacial score (nSPS) is 21.7. The molecule has 1 fully saturated rings. The van der Waals surface area contributed by atoms with Gasteiger partial charge in [-0.1, -0.05) is 11.8 Å². The van der Waals surface area contributed by atoms with E-state index in [-0.39, 0.29) is 0 Å². The summed E-state index contributed by atoms with van der Waals surface area (Å²) in [5.74, 6) is 6.02. The minimum absolute atomic E-state index is 0.433. The number of nitrogens with two attached hydrogens (primary N) is 1. The van der Waals surface area contributed by atoms with Gasteiger partial charge in [-0.3, -0.25) is 4.90 Å². The Morgan fingerprint density at radius 1 is 1.42 bits per heavy atom. The third kappa shape index (κ3) is 4.32. The van der Waals surface area contributed by atoms with Crippen LogP contribution in [0, 0.1) is 11.8 Å². The molecule has 0 aliphatic carbocycles. The van der Waals surface area contributed by atoms with Crippen LogP contribution in [0.15, 0.2) is 12.1 Å². The smallest absolute Gasteiger partial charge is 0.0772 e. The van der Waals surface area contributed by atoms with Crippen LogP contribution in [0.25, 0.3) is 0 Å². The maximum atomic E-state index is 5.40. The van der Waals surface area contributed by atoms with Gasteiger partial charge in [0.1, 0.15) is 0 Å². The lowest BCUT2D eigenvalue weighted by Crippen LogP contribution is -2.37. The number of hydrogen-bond acceptors (Lipinski definition) is 4. The van der Waals surface area contributed by atoms with Gasteiger partial charge in [0.2, 0.25) is 0 Å². The predicted molar refractivity (Wildman–Crippen MR) is 82.2 cm³/mol. The Morgan fingerprint density at radius 2 is 2.26 bits per heavy atom. The van der Waals surface area contributed by atoms with Crippen LogP contribution in [-0.2, 0) is 6.54 Å². The highest BCUT2D eigenvalue weighted by Gasteiger charge is 2.19. The fraction of sp³-hybridized carbons (Fsp3) is 0.600. The van der Waals surface area contributed by atoms with Crippen LogP contribution in [0.3, 0.4) is 0 Å². The highest BCUT2D eigenvalue weighted by atomic mass is 32.1. The Labute approximate surface area is 120 Å². The number of hydrogen-bond donors (Lipinski definition) is 1. The molecule has 19 heavy (non-hydrogen) atoms. The Balaban J connectivity index is 1.97. The first-order valence-electron chi connectivity index (χ1n) is 6.89. The van der Waals surface area contributed by atoms with Crippen LogP contribution >= 0.6 is 11.3 Å². The van der Waals surface area contributed by atoms with Crippen LogP contribution in [-0.4, -0.2) is 49.1 Å². The summed E-state index contributed by atoms with van der Waals surface area (Å²) in [5, 5.41) is 0. The molecule has 0 spiro atoms. The van der Waals surface area contributed by atoms with E-state index in [1.165, 1.54) is 24.4 Å². The van der Waals surface area contributed by atoms with Crippen molar-refractivity contribution >= 4 is 11.3 Å². The minimum Gasteiger partial charge on any atom is -0.320 e. The fourth-order valence-electron chi connectivity index (χ4n) is 2.53. The van der Waals surface area contributed by atoms with Crippen molar-refractivity contribution in [2.24, 2.45) is 5.73 Å². The molecular formula is C15H23N3S. The van der Waals surface area contributed by atoms with Gasteiger partial charge in [-0.15, -0.1) is 11.3 Å². The molecule has 3 nitrogen and oxygen atoms in total. The molecule has 104 valence electrons. The van der Waals surface area contributed by atoms with E-state index in [4.69, 9.17) is 5.73 Å². The van der Waals surface area contributed by atoms with Crippen molar-refractivity contribution in [3.8, 4) is 11.8 Å². The van der Waals surface area contributed by atoms with Crippen molar-refractivity contribution in [1.29, 1.82) is 0 Å². The molecule has 1 unspecified atom stereocenters. The molecule has 1 aromatic rings. The first-order chi connectivity index (χ1) is 9.19. The van der Waals surface area contributed by atoms with Gasteiger partial charge in [0.15, 0.2) is 0 Å². The van der Waals surface area contributed by atoms with Crippen molar-refractivity contribution in [2.45, 2.75) is 25.9 Å². The standard InChI is InChI=1S/C15H23N3S/c1-13-11-17(2)9-4-10-18(13)12-15-7-6-14(19-15)5-3-8-16/h6-7,13H,4,8-12,16H2,1-2H3. The summed E-state index contributed by atoms with van der Waals surface area (Å²) in [6.07, 6.45) is 1.26. The van der Waals surface area contributed by atoms with E-state index in [0.29, 0.717) is 12.6 Å². The van der Waals surface area contributed by atoms with Gasteiger partial charge in [-0.2, -0.15) is 0 Å². The summed E-state index contributed by atoms with van der Waals surface area (Å²) < 4.78 is 0. The lowest BCUT2D eigenvalue weighted by molar-refractivity contribution is 0.196. The first-order valence-corrected chi connectivity index (χ1v) is 7.71. The molecule has 0 bridgehead atoms. The van der Waals surface area contributed by atoms with Crippen molar-refractivity contribution in [3.63, 3.8) is 0 Å². The topological polar surface area (TPSA) is 32.5 Å². The van der Waals surface area contributed by atoms with Crippen molar-refractivity contribution in [1.82, 2.24) is 9.80 Å².